The van der Waals surface area contributed by atoms with E-state index in [-0.39, 0.29) is 11.7 Å². The lowest BCUT2D eigenvalue weighted by Gasteiger charge is -2.26. The average molecular weight is 445 g/mol. The van der Waals surface area contributed by atoms with Gasteiger partial charge in [-0.15, -0.1) is 0 Å². The molecule has 5 rings (SSSR count). The summed E-state index contributed by atoms with van der Waals surface area (Å²) >= 11 is 0. The molecule has 1 aliphatic heterocycles. The third kappa shape index (κ3) is 4.79. The number of nitrogens with one attached hydrogen (secondary N) is 2. The number of H-pyrrole nitrogens is 1. The zero-order chi connectivity index (χ0) is 22.6. The van der Waals surface area contributed by atoms with Gasteiger partial charge < -0.3 is 15.0 Å². The Morgan fingerprint density at radius 2 is 1.85 bits per heavy atom. The second kappa shape index (κ2) is 9.52. The van der Waals surface area contributed by atoms with Gasteiger partial charge in [0.2, 0.25) is 0 Å². The number of ether oxygens (including phenoxy) is 1. The Hall–Kier alpha value is -3.55. The van der Waals surface area contributed by atoms with Crippen LogP contribution in [0, 0.1) is 5.82 Å². The van der Waals surface area contributed by atoms with Crippen molar-refractivity contribution in [2.75, 3.05) is 39.4 Å². The van der Waals surface area contributed by atoms with Gasteiger partial charge in [-0.1, -0.05) is 18.2 Å². The van der Waals surface area contributed by atoms with Gasteiger partial charge in [0.25, 0.3) is 5.91 Å². The fourth-order valence-corrected chi connectivity index (χ4v) is 4.13. The summed E-state index contributed by atoms with van der Waals surface area (Å²) in [6.45, 7) is 4.69. The van der Waals surface area contributed by atoms with Crippen molar-refractivity contribution in [1.82, 2.24) is 20.2 Å². The molecular weight excluding hydrogens is 419 g/mol. The molecule has 3 heterocycles. The number of hydrogen-bond acceptors (Lipinski definition) is 4. The van der Waals surface area contributed by atoms with Crippen LogP contribution in [-0.2, 0) is 4.74 Å². The Morgan fingerprint density at radius 3 is 2.67 bits per heavy atom. The number of carbonyl (C=O) groups is 1. The number of carbonyl (C=O) groups excluding carboxylic acids is 1. The monoisotopic (exact) mass is 444 g/mol. The van der Waals surface area contributed by atoms with Crippen molar-refractivity contribution >= 4 is 16.8 Å². The second-order valence-electron chi connectivity index (χ2n) is 8.11. The van der Waals surface area contributed by atoms with E-state index < -0.39 is 0 Å². The van der Waals surface area contributed by atoms with Crippen LogP contribution in [0.1, 0.15) is 10.4 Å². The minimum absolute atomic E-state index is 0.110. The summed E-state index contributed by atoms with van der Waals surface area (Å²) in [6, 6.07) is 16.0. The molecule has 0 aliphatic carbocycles. The fourth-order valence-electron chi connectivity index (χ4n) is 4.13. The van der Waals surface area contributed by atoms with Crippen LogP contribution < -0.4 is 5.32 Å². The quantitative estimate of drug-likeness (QED) is 0.470. The first-order chi connectivity index (χ1) is 16.2. The lowest BCUT2D eigenvalue weighted by molar-refractivity contribution is 0.0383. The topological polar surface area (TPSA) is 70.2 Å². The maximum Gasteiger partial charge on any atom is 0.251 e. The van der Waals surface area contributed by atoms with Crippen LogP contribution in [0.25, 0.3) is 33.3 Å². The summed E-state index contributed by atoms with van der Waals surface area (Å²) in [5, 5.41) is 4.02. The largest absolute Gasteiger partial charge is 0.379 e. The van der Waals surface area contributed by atoms with E-state index in [4.69, 9.17) is 4.74 Å². The van der Waals surface area contributed by atoms with Crippen molar-refractivity contribution < 1.29 is 13.9 Å². The second-order valence-corrected chi connectivity index (χ2v) is 8.11. The fraction of sp³-hybridized carbons (Fsp3) is 0.231. The Kier molecular flexibility index (Phi) is 6.15. The van der Waals surface area contributed by atoms with Gasteiger partial charge in [0.05, 0.1) is 18.9 Å². The average Bonchev–Trinajstić information content (AvgIpc) is 3.28. The van der Waals surface area contributed by atoms with Gasteiger partial charge in [-0.2, -0.15) is 0 Å². The minimum Gasteiger partial charge on any atom is -0.379 e. The maximum atomic E-state index is 13.3. The van der Waals surface area contributed by atoms with E-state index in [1.54, 1.807) is 24.4 Å². The van der Waals surface area contributed by atoms with E-state index in [9.17, 15) is 9.18 Å². The van der Waals surface area contributed by atoms with E-state index in [0.717, 1.165) is 66.1 Å². The summed E-state index contributed by atoms with van der Waals surface area (Å²) in [5.74, 6) is -0.370. The predicted octanol–water partition coefficient (Wildman–Crippen LogP) is 4.10. The van der Waals surface area contributed by atoms with Crippen molar-refractivity contribution in [3.8, 4) is 22.4 Å². The molecule has 0 atom stereocenters. The van der Waals surface area contributed by atoms with Gasteiger partial charge >= 0.3 is 0 Å². The number of hydrogen-bond donors (Lipinski definition) is 2. The van der Waals surface area contributed by atoms with Gasteiger partial charge in [-0.3, -0.25) is 14.7 Å². The number of aromatic amines is 1. The molecular formula is C26H25FN4O2. The molecule has 4 aromatic rings. The molecule has 33 heavy (non-hydrogen) atoms. The highest BCUT2D eigenvalue weighted by molar-refractivity contribution is 5.98. The first-order valence-corrected chi connectivity index (χ1v) is 11.1. The highest BCUT2D eigenvalue weighted by Crippen LogP contribution is 2.32. The minimum atomic E-state index is -0.261. The SMILES string of the molecule is O=C(NCCN1CCOCC1)c1ccnc(-c2ccc3[nH]cc(-c4ccc(F)cc4)c3c2)c1. The number of morpholine rings is 1. The molecule has 1 fully saturated rings. The summed E-state index contributed by atoms with van der Waals surface area (Å²) in [6.07, 6.45) is 3.59. The molecule has 1 saturated heterocycles. The standard InChI is InChI=1S/C26H25FN4O2/c27-21-4-1-18(2-5-21)23-17-30-24-6-3-19(15-22(23)24)25-16-20(7-8-28-25)26(32)29-9-10-31-11-13-33-14-12-31/h1-8,15-17,30H,9-14H2,(H,29,32). The molecule has 6 nitrogen and oxygen atoms in total. The number of aromatic nitrogens is 2. The van der Waals surface area contributed by atoms with E-state index >= 15 is 0 Å². The van der Waals surface area contributed by atoms with Crippen LogP contribution in [0.2, 0.25) is 0 Å². The first-order valence-electron chi connectivity index (χ1n) is 11.1. The zero-order valence-electron chi connectivity index (χ0n) is 18.2. The number of pyridine rings is 1. The van der Waals surface area contributed by atoms with Gasteiger partial charge in [0.15, 0.2) is 0 Å². The van der Waals surface area contributed by atoms with Crippen LogP contribution in [0.15, 0.2) is 67.0 Å². The third-order valence-electron chi connectivity index (χ3n) is 5.97. The van der Waals surface area contributed by atoms with Crippen LogP contribution in [0.3, 0.4) is 0 Å². The van der Waals surface area contributed by atoms with Gasteiger partial charge in [-0.05, 0) is 42.0 Å². The van der Waals surface area contributed by atoms with Crippen molar-refractivity contribution in [3.05, 3.63) is 78.4 Å². The molecule has 168 valence electrons. The number of rotatable bonds is 6. The molecule has 1 amide bonds. The van der Waals surface area contributed by atoms with E-state index in [1.165, 1.54) is 12.1 Å². The molecule has 2 N–H and O–H groups in total. The number of benzene rings is 2. The maximum absolute atomic E-state index is 13.3. The molecule has 0 unspecified atom stereocenters. The van der Waals surface area contributed by atoms with Gasteiger partial charge in [-0.25, -0.2) is 4.39 Å². The molecule has 0 bridgehead atoms. The van der Waals surface area contributed by atoms with Crippen LogP contribution >= 0.6 is 0 Å². The summed E-state index contributed by atoms with van der Waals surface area (Å²) in [4.78, 5) is 22.7. The molecule has 2 aromatic heterocycles. The van der Waals surface area contributed by atoms with Crippen LogP contribution in [0.5, 0.6) is 0 Å². The molecule has 0 radical (unpaired) electrons. The highest BCUT2D eigenvalue weighted by Gasteiger charge is 2.13. The summed E-state index contributed by atoms with van der Waals surface area (Å²) in [7, 11) is 0. The summed E-state index contributed by atoms with van der Waals surface area (Å²) in [5.41, 5.74) is 5.12. The van der Waals surface area contributed by atoms with Crippen molar-refractivity contribution in [2.24, 2.45) is 0 Å². The van der Waals surface area contributed by atoms with E-state index in [1.807, 2.05) is 30.5 Å². The predicted molar refractivity (Wildman–Crippen MR) is 127 cm³/mol. The highest BCUT2D eigenvalue weighted by atomic mass is 19.1. The Balaban J connectivity index is 1.34. The molecule has 7 heteroatoms. The van der Waals surface area contributed by atoms with Crippen molar-refractivity contribution in [2.45, 2.75) is 0 Å². The van der Waals surface area contributed by atoms with Crippen LogP contribution in [0.4, 0.5) is 4.39 Å². The summed E-state index contributed by atoms with van der Waals surface area (Å²) < 4.78 is 18.7. The molecule has 0 spiro atoms. The molecule has 2 aromatic carbocycles. The molecule has 0 saturated carbocycles. The number of nitrogens with zero attached hydrogens (tertiary/aromatic N) is 2. The van der Waals surface area contributed by atoms with E-state index in [2.05, 4.69) is 20.2 Å². The number of halogens is 1. The zero-order valence-corrected chi connectivity index (χ0v) is 18.2. The van der Waals surface area contributed by atoms with E-state index in [0.29, 0.717) is 12.1 Å². The Morgan fingerprint density at radius 1 is 1.06 bits per heavy atom. The number of fused-ring (bicyclic) bond motifs is 1. The lowest BCUT2D eigenvalue weighted by Crippen LogP contribution is -2.41. The lowest BCUT2D eigenvalue weighted by atomic mass is 10.0. The molecule has 1 aliphatic rings. The first kappa shape index (κ1) is 21.3. The smallest absolute Gasteiger partial charge is 0.251 e. The third-order valence-corrected chi connectivity index (χ3v) is 5.97. The normalized spacial score (nSPS) is 14.5. The van der Waals surface area contributed by atoms with Crippen molar-refractivity contribution in [3.63, 3.8) is 0 Å². The van der Waals surface area contributed by atoms with Gasteiger partial charge in [0.1, 0.15) is 5.82 Å². The van der Waals surface area contributed by atoms with Gasteiger partial charge in [0, 0.05) is 66.2 Å². The Bertz CT molecular complexity index is 1260. The number of amides is 1. The van der Waals surface area contributed by atoms with Crippen LogP contribution in [-0.4, -0.2) is 60.2 Å². The van der Waals surface area contributed by atoms with Crippen molar-refractivity contribution in [1.29, 1.82) is 0 Å². The Labute approximate surface area is 191 Å².